The van der Waals surface area contributed by atoms with Crippen molar-refractivity contribution in [2.45, 2.75) is 85.0 Å². The van der Waals surface area contributed by atoms with Gasteiger partial charge >= 0.3 is 0 Å². The summed E-state index contributed by atoms with van der Waals surface area (Å²) in [7, 11) is 0. The van der Waals surface area contributed by atoms with Gasteiger partial charge in [0.25, 0.3) is 0 Å². The molecule has 2 rings (SSSR count). The van der Waals surface area contributed by atoms with Gasteiger partial charge in [-0.3, -0.25) is 0 Å². The average Bonchev–Trinajstić information content (AvgIpc) is 3.08. The molecular formula is C24H33NS. The summed E-state index contributed by atoms with van der Waals surface area (Å²) in [6.45, 7) is 6.65. The molecule has 26 heavy (non-hydrogen) atoms. The number of nitrogens with zero attached hydrogens (tertiary/aromatic N) is 1. The Morgan fingerprint density at radius 2 is 1.42 bits per heavy atom. The molecule has 1 aromatic carbocycles. The first-order valence-corrected chi connectivity index (χ1v) is 11.1. The molecule has 1 heterocycles. The first-order valence-electron chi connectivity index (χ1n) is 10.3. The lowest BCUT2D eigenvalue weighted by Crippen LogP contribution is -1.99. The maximum atomic E-state index is 9.82. The summed E-state index contributed by atoms with van der Waals surface area (Å²) in [6, 6.07) is 11.5. The lowest BCUT2D eigenvalue weighted by atomic mass is 9.91. The monoisotopic (exact) mass is 367 g/mol. The number of hydrogen-bond acceptors (Lipinski definition) is 2. The summed E-state index contributed by atoms with van der Waals surface area (Å²) >= 11 is 1.85. The van der Waals surface area contributed by atoms with Crippen molar-refractivity contribution in [1.29, 1.82) is 5.26 Å². The van der Waals surface area contributed by atoms with Gasteiger partial charge in [-0.15, -0.1) is 11.3 Å². The van der Waals surface area contributed by atoms with Crippen LogP contribution in [0.2, 0.25) is 0 Å². The molecule has 2 aromatic rings. The van der Waals surface area contributed by atoms with E-state index in [0.29, 0.717) is 0 Å². The molecule has 0 N–H and O–H groups in total. The SMILES string of the molecule is CCCCCCc1cc(-c2ccc(C)s2)cc(CCCCCC)c1C#N. The van der Waals surface area contributed by atoms with Crippen molar-refractivity contribution in [3.63, 3.8) is 0 Å². The molecule has 0 bridgehead atoms. The van der Waals surface area contributed by atoms with Crippen LogP contribution in [0.4, 0.5) is 0 Å². The largest absolute Gasteiger partial charge is 0.192 e. The van der Waals surface area contributed by atoms with Gasteiger partial charge in [0.2, 0.25) is 0 Å². The van der Waals surface area contributed by atoms with E-state index in [1.54, 1.807) is 0 Å². The van der Waals surface area contributed by atoms with Crippen LogP contribution in [-0.4, -0.2) is 0 Å². The standard InChI is InChI=1S/C24H33NS/c1-4-6-8-10-12-20-16-22(24-15-14-19(3)26-24)17-21(23(20)18-25)13-11-9-7-5-2/h14-17H,4-13H2,1-3H3. The first-order chi connectivity index (χ1) is 12.7. The minimum Gasteiger partial charge on any atom is -0.192 e. The topological polar surface area (TPSA) is 23.8 Å². The van der Waals surface area contributed by atoms with Crippen molar-refractivity contribution in [3.8, 4) is 16.5 Å². The molecule has 1 nitrogen and oxygen atoms in total. The van der Waals surface area contributed by atoms with Crippen molar-refractivity contribution in [2.75, 3.05) is 0 Å². The smallest absolute Gasteiger partial charge is 0.0997 e. The van der Waals surface area contributed by atoms with Crippen LogP contribution in [0.5, 0.6) is 0 Å². The molecule has 140 valence electrons. The molecule has 0 aliphatic heterocycles. The highest BCUT2D eigenvalue weighted by Gasteiger charge is 2.13. The molecule has 2 heteroatoms. The lowest BCUT2D eigenvalue weighted by molar-refractivity contribution is 0.660. The molecule has 0 atom stereocenters. The number of rotatable bonds is 11. The zero-order chi connectivity index (χ0) is 18.8. The predicted molar refractivity (Wildman–Crippen MR) is 115 cm³/mol. The van der Waals surface area contributed by atoms with Gasteiger partial charge in [0.1, 0.15) is 0 Å². The Kier molecular flexibility index (Phi) is 8.92. The Hall–Kier alpha value is -1.59. The molecule has 0 aliphatic carbocycles. The Morgan fingerprint density at radius 1 is 0.846 bits per heavy atom. The molecule has 0 aliphatic rings. The van der Waals surface area contributed by atoms with Crippen LogP contribution in [0.1, 0.15) is 86.8 Å². The van der Waals surface area contributed by atoms with Gasteiger partial charge in [-0.2, -0.15) is 5.26 Å². The van der Waals surface area contributed by atoms with E-state index in [0.717, 1.165) is 18.4 Å². The Labute approximate surface area is 164 Å². The van der Waals surface area contributed by atoms with Crippen molar-refractivity contribution in [1.82, 2.24) is 0 Å². The van der Waals surface area contributed by atoms with Gasteiger partial charge in [0.15, 0.2) is 0 Å². The molecular weight excluding hydrogens is 334 g/mol. The molecule has 1 aromatic heterocycles. The summed E-state index contributed by atoms with van der Waals surface area (Å²) in [5.74, 6) is 0. The number of unbranched alkanes of at least 4 members (excludes halogenated alkanes) is 6. The average molecular weight is 368 g/mol. The Balaban J connectivity index is 2.28. The normalized spacial score (nSPS) is 10.8. The summed E-state index contributed by atoms with van der Waals surface area (Å²) in [5, 5.41) is 9.82. The van der Waals surface area contributed by atoms with Gasteiger partial charge < -0.3 is 0 Å². The zero-order valence-electron chi connectivity index (χ0n) is 16.7. The lowest BCUT2D eigenvalue weighted by Gasteiger charge is -2.13. The molecule has 0 spiro atoms. The van der Waals surface area contributed by atoms with E-state index in [-0.39, 0.29) is 0 Å². The van der Waals surface area contributed by atoms with E-state index >= 15 is 0 Å². The maximum absolute atomic E-state index is 9.82. The fourth-order valence-electron chi connectivity index (χ4n) is 3.52. The van der Waals surface area contributed by atoms with Crippen LogP contribution in [0.3, 0.4) is 0 Å². The van der Waals surface area contributed by atoms with Crippen LogP contribution < -0.4 is 0 Å². The summed E-state index contributed by atoms with van der Waals surface area (Å²) in [4.78, 5) is 2.68. The van der Waals surface area contributed by atoms with E-state index in [1.165, 1.54) is 77.8 Å². The van der Waals surface area contributed by atoms with Crippen molar-refractivity contribution in [3.05, 3.63) is 45.8 Å². The van der Waals surface area contributed by atoms with Crippen LogP contribution in [0.25, 0.3) is 10.4 Å². The highest BCUT2D eigenvalue weighted by molar-refractivity contribution is 7.15. The van der Waals surface area contributed by atoms with Crippen LogP contribution in [0.15, 0.2) is 24.3 Å². The van der Waals surface area contributed by atoms with Gasteiger partial charge in [0, 0.05) is 9.75 Å². The Bertz CT molecular complexity index is 687. The first kappa shape index (κ1) is 20.7. The highest BCUT2D eigenvalue weighted by Crippen LogP contribution is 2.32. The number of nitriles is 1. The number of aryl methyl sites for hydroxylation is 3. The summed E-state index contributed by atoms with van der Waals surface area (Å²) in [6.07, 6.45) is 12.0. The fraction of sp³-hybridized carbons (Fsp3) is 0.542. The van der Waals surface area contributed by atoms with Crippen molar-refractivity contribution < 1.29 is 0 Å². The Morgan fingerprint density at radius 3 is 1.85 bits per heavy atom. The second-order valence-corrected chi connectivity index (χ2v) is 8.60. The molecule has 0 fully saturated rings. The van der Waals surface area contributed by atoms with Crippen LogP contribution in [0, 0.1) is 18.3 Å². The maximum Gasteiger partial charge on any atom is 0.0997 e. The quantitative estimate of drug-likeness (QED) is 0.371. The molecule has 0 saturated carbocycles. The van der Waals surface area contributed by atoms with Gasteiger partial charge in [-0.05, 0) is 73.6 Å². The third-order valence-electron chi connectivity index (χ3n) is 5.04. The molecule has 0 saturated heterocycles. The van der Waals surface area contributed by atoms with Gasteiger partial charge in [-0.25, -0.2) is 0 Å². The van der Waals surface area contributed by atoms with E-state index in [1.807, 2.05) is 11.3 Å². The highest BCUT2D eigenvalue weighted by atomic mass is 32.1. The number of thiophene rings is 1. The zero-order valence-corrected chi connectivity index (χ0v) is 17.6. The van der Waals surface area contributed by atoms with Crippen molar-refractivity contribution >= 4 is 11.3 Å². The molecule has 0 unspecified atom stereocenters. The predicted octanol–water partition coefficient (Wildman–Crippen LogP) is 7.84. The van der Waals surface area contributed by atoms with Crippen LogP contribution in [-0.2, 0) is 12.8 Å². The van der Waals surface area contributed by atoms with E-state index in [2.05, 4.69) is 51.1 Å². The van der Waals surface area contributed by atoms with Gasteiger partial charge in [0.05, 0.1) is 11.6 Å². The summed E-state index contributed by atoms with van der Waals surface area (Å²) in [5.41, 5.74) is 4.78. The van der Waals surface area contributed by atoms with Crippen molar-refractivity contribution in [2.24, 2.45) is 0 Å². The van der Waals surface area contributed by atoms with E-state index in [4.69, 9.17) is 0 Å². The fourth-order valence-corrected chi connectivity index (χ4v) is 4.38. The summed E-state index contributed by atoms with van der Waals surface area (Å²) < 4.78 is 0. The third-order valence-corrected chi connectivity index (χ3v) is 6.09. The second kappa shape index (κ2) is 11.2. The van der Waals surface area contributed by atoms with E-state index in [9.17, 15) is 5.26 Å². The number of benzene rings is 1. The van der Waals surface area contributed by atoms with E-state index < -0.39 is 0 Å². The molecule has 0 radical (unpaired) electrons. The van der Waals surface area contributed by atoms with Crippen LogP contribution >= 0.6 is 11.3 Å². The second-order valence-electron chi connectivity index (χ2n) is 7.31. The van der Waals surface area contributed by atoms with Gasteiger partial charge in [-0.1, -0.05) is 52.4 Å². The molecule has 0 amide bonds. The minimum atomic E-state index is 0.954. The number of hydrogen-bond donors (Lipinski definition) is 0. The minimum absolute atomic E-state index is 0.954. The third kappa shape index (κ3) is 5.99.